The summed E-state index contributed by atoms with van der Waals surface area (Å²) in [5, 5.41) is 12.5. The van der Waals surface area contributed by atoms with Gasteiger partial charge in [-0.15, -0.1) is 0 Å². The highest BCUT2D eigenvalue weighted by Gasteiger charge is 2.30. The molecule has 1 aliphatic rings. The van der Waals surface area contributed by atoms with Crippen LogP contribution in [0.1, 0.15) is 12.5 Å². The Balaban J connectivity index is 1.41. The predicted octanol–water partition coefficient (Wildman–Crippen LogP) is 1.94. The van der Waals surface area contributed by atoms with Gasteiger partial charge in [-0.3, -0.25) is 14.6 Å². The second-order valence-electron chi connectivity index (χ2n) is 7.41. The quantitative estimate of drug-likeness (QED) is 0.531. The van der Waals surface area contributed by atoms with Gasteiger partial charge >= 0.3 is 17.6 Å². The molecule has 0 spiro atoms. The summed E-state index contributed by atoms with van der Waals surface area (Å²) < 4.78 is 4.97. The first-order valence-electron chi connectivity index (χ1n) is 9.75. The molecule has 2 amide bonds. The number of halogens is 1. The summed E-state index contributed by atoms with van der Waals surface area (Å²) >= 11 is 6.07. The number of fused-ring (bicyclic) bond motifs is 1. The largest absolute Gasteiger partial charge is 0.417 e. The second kappa shape index (κ2) is 8.44. The molecule has 1 atom stereocenters. The molecule has 1 saturated heterocycles. The number of amides is 2. The van der Waals surface area contributed by atoms with Crippen LogP contribution in [-0.4, -0.2) is 52.5 Å². The number of oxazole rings is 1. The maximum atomic E-state index is 12.7. The van der Waals surface area contributed by atoms with Crippen molar-refractivity contribution in [3.8, 4) is 0 Å². The van der Waals surface area contributed by atoms with Crippen molar-refractivity contribution < 1.29 is 19.1 Å². The number of nitrogens with one attached hydrogen (secondary N) is 2. The first-order chi connectivity index (χ1) is 14.9. The first-order valence-corrected chi connectivity index (χ1v) is 10.1. The lowest BCUT2D eigenvalue weighted by molar-refractivity contribution is -0.143. The monoisotopic (exact) mass is 444 g/mol. The van der Waals surface area contributed by atoms with Crippen LogP contribution in [-0.2, 0) is 16.2 Å². The highest BCUT2D eigenvalue weighted by atomic mass is 35.5. The van der Waals surface area contributed by atoms with Crippen LogP contribution in [0.25, 0.3) is 11.1 Å². The van der Waals surface area contributed by atoms with E-state index in [1.54, 1.807) is 18.2 Å². The van der Waals surface area contributed by atoms with Crippen LogP contribution in [0.15, 0.2) is 45.6 Å². The van der Waals surface area contributed by atoms with Crippen molar-refractivity contribution in [1.82, 2.24) is 9.88 Å². The van der Waals surface area contributed by atoms with Crippen LogP contribution < -0.4 is 16.0 Å². The predicted molar refractivity (Wildman–Crippen MR) is 116 cm³/mol. The third kappa shape index (κ3) is 4.28. The summed E-state index contributed by atoms with van der Waals surface area (Å²) in [6, 6.07) is 10.1. The molecule has 3 N–H and O–H groups in total. The molecule has 10 heteroatoms. The number of H-pyrrole nitrogens is 1. The van der Waals surface area contributed by atoms with Crippen molar-refractivity contribution in [2.45, 2.75) is 19.6 Å². The number of carbonyl (C=O) groups is 2. The smallest absolute Gasteiger partial charge is 0.408 e. The number of carbonyl (C=O) groups excluding carboxylic acids is 2. The van der Waals surface area contributed by atoms with E-state index in [0.29, 0.717) is 47.0 Å². The molecular formula is C21H21ClN4O5. The maximum Gasteiger partial charge on any atom is 0.417 e. The Hall–Kier alpha value is -3.30. The lowest BCUT2D eigenvalue weighted by Crippen LogP contribution is -2.55. The number of aromatic amines is 1. The van der Waals surface area contributed by atoms with E-state index in [1.807, 2.05) is 19.1 Å². The highest BCUT2D eigenvalue weighted by Crippen LogP contribution is 2.26. The van der Waals surface area contributed by atoms with Gasteiger partial charge in [0.15, 0.2) is 5.58 Å². The van der Waals surface area contributed by atoms with Crippen molar-refractivity contribution in [1.29, 1.82) is 0 Å². The first kappa shape index (κ1) is 21.0. The SMILES string of the molecule is C[C@@H]1CN(C(=O)C(=O)Nc2ccc3[nH]c(=O)oc3c2)CCN1c1ccc(Cl)c(CO)c1. The molecule has 0 radical (unpaired) electrons. The molecule has 2 heterocycles. The number of piperazine rings is 1. The van der Waals surface area contributed by atoms with E-state index in [9.17, 15) is 19.5 Å². The Morgan fingerprint density at radius 3 is 2.81 bits per heavy atom. The Morgan fingerprint density at radius 1 is 1.26 bits per heavy atom. The molecule has 162 valence electrons. The molecular weight excluding hydrogens is 424 g/mol. The number of hydrogen-bond acceptors (Lipinski definition) is 6. The van der Waals surface area contributed by atoms with Crippen LogP contribution >= 0.6 is 11.6 Å². The number of hydrogen-bond donors (Lipinski definition) is 3. The van der Waals surface area contributed by atoms with E-state index in [2.05, 4.69) is 15.2 Å². The molecule has 1 aliphatic heterocycles. The highest BCUT2D eigenvalue weighted by molar-refractivity contribution is 6.39. The average molecular weight is 445 g/mol. The summed E-state index contributed by atoms with van der Waals surface area (Å²) in [7, 11) is 0. The standard InChI is InChI=1S/C21H21ClN4O5/c1-12-10-25(6-7-26(12)15-3-4-16(22)13(8-15)11-27)20(29)19(28)23-14-2-5-17-18(9-14)31-21(30)24-17/h2-5,8-9,12,27H,6-7,10-11H2,1H3,(H,23,28)(H,24,30)/t12-/m1/s1. The Bertz CT molecular complexity index is 1200. The molecule has 0 aliphatic carbocycles. The lowest BCUT2D eigenvalue weighted by atomic mass is 10.1. The molecule has 31 heavy (non-hydrogen) atoms. The summed E-state index contributed by atoms with van der Waals surface area (Å²) in [6.07, 6.45) is 0. The second-order valence-corrected chi connectivity index (χ2v) is 7.81. The molecule has 4 rings (SSSR count). The van der Waals surface area contributed by atoms with E-state index >= 15 is 0 Å². The van der Waals surface area contributed by atoms with Gasteiger partial charge < -0.3 is 24.6 Å². The summed E-state index contributed by atoms with van der Waals surface area (Å²) in [6.45, 7) is 3.09. The van der Waals surface area contributed by atoms with Gasteiger partial charge in [-0.25, -0.2) is 4.79 Å². The molecule has 2 aromatic carbocycles. The van der Waals surface area contributed by atoms with Gasteiger partial charge in [0.1, 0.15) is 0 Å². The number of nitrogens with zero attached hydrogens (tertiary/aromatic N) is 2. The molecule has 1 fully saturated rings. The molecule has 9 nitrogen and oxygen atoms in total. The van der Waals surface area contributed by atoms with E-state index < -0.39 is 17.6 Å². The van der Waals surface area contributed by atoms with Crippen LogP contribution in [0.2, 0.25) is 5.02 Å². The fourth-order valence-electron chi connectivity index (χ4n) is 3.74. The van der Waals surface area contributed by atoms with Crippen molar-refractivity contribution in [3.05, 3.63) is 57.5 Å². The average Bonchev–Trinajstić information content (AvgIpc) is 3.13. The third-order valence-electron chi connectivity index (χ3n) is 5.32. The molecule has 0 unspecified atom stereocenters. The zero-order valence-electron chi connectivity index (χ0n) is 16.7. The lowest BCUT2D eigenvalue weighted by Gasteiger charge is -2.41. The van der Waals surface area contributed by atoms with E-state index in [0.717, 1.165) is 5.69 Å². The number of rotatable bonds is 3. The van der Waals surface area contributed by atoms with Crippen LogP contribution in [0.5, 0.6) is 0 Å². The fraction of sp³-hybridized carbons (Fsp3) is 0.286. The van der Waals surface area contributed by atoms with E-state index in [4.69, 9.17) is 16.0 Å². The van der Waals surface area contributed by atoms with Gasteiger partial charge in [-0.2, -0.15) is 0 Å². The normalized spacial score (nSPS) is 16.5. The topological polar surface area (TPSA) is 119 Å². The number of aliphatic hydroxyl groups is 1. The number of aliphatic hydroxyl groups excluding tert-OH is 1. The van der Waals surface area contributed by atoms with E-state index in [-0.39, 0.29) is 12.6 Å². The summed E-state index contributed by atoms with van der Waals surface area (Å²) in [5.41, 5.74) is 2.70. The van der Waals surface area contributed by atoms with Crippen LogP contribution in [0.3, 0.4) is 0 Å². The van der Waals surface area contributed by atoms with Crippen molar-refractivity contribution in [2.75, 3.05) is 29.9 Å². The molecule has 0 saturated carbocycles. The summed E-state index contributed by atoms with van der Waals surface area (Å²) in [4.78, 5) is 42.5. The van der Waals surface area contributed by atoms with Crippen molar-refractivity contribution in [3.63, 3.8) is 0 Å². The summed E-state index contributed by atoms with van der Waals surface area (Å²) in [5.74, 6) is -1.98. The fourth-order valence-corrected chi connectivity index (χ4v) is 3.92. The Morgan fingerprint density at radius 2 is 2.06 bits per heavy atom. The number of anilines is 2. The minimum Gasteiger partial charge on any atom is -0.408 e. The third-order valence-corrected chi connectivity index (χ3v) is 5.69. The van der Waals surface area contributed by atoms with Crippen LogP contribution in [0, 0.1) is 0 Å². The van der Waals surface area contributed by atoms with Crippen LogP contribution in [0.4, 0.5) is 11.4 Å². The molecule has 1 aromatic heterocycles. The van der Waals surface area contributed by atoms with Gasteiger partial charge in [0.25, 0.3) is 0 Å². The Labute approximate surface area is 182 Å². The molecule has 3 aromatic rings. The maximum absolute atomic E-state index is 12.7. The minimum atomic E-state index is -0.757. The van der Waals surface area contributed by atoms with Crippen molar-refractivity contribution in [2.24, 2.45) is 0 Å². The van der Waals surface area contributed by atoms with Gasteiger partial charge in [0.05, 0.1) is 12.1 Å². The number of benzene rings is 2. The Kier molecular flexibility index (Phi) is 5.71. The molecule has 0 bridgehead atoms. The van der Waals surface area contributed by atoms with Gasteiger partial charge in [-0.1, -0.05) is 11.6 Å². The zero-order chi connectivity index (χ0) is 22.1. The van der Waals surface area contributed by atoms with E-state index in [1.165, 1.54) is 11.0 Å². The minimum absolute atomic E-state index is 0.0382. The van der Waals surface area contributed by atoms with Crippen molar-refractivity contribution >= 4 is 45.9 Å². The van der Waals surface area contributed by atoms with Gasteiger partial charge in [0.2, 0.25) is 0 Å². The van der Waals surface area contributed by atoms with Gasteiger partial charge in [0, 0.05) is 48.1 Å². The number of aromatic nitrogens is 1. The zero-order valence-corrected chi connectivity index (χ0v) is 17.5. The van der Waals surface area contributed by atoms with Gasteiger partial charge in [-0.05, 0) is 42.8 Å².